The number of amides is 1. The minimum absolute atomic E-state index is 0.266. The lowest BCUT2D eigenvalue weighted by atomic mass is 9.95. The van der Waals surface area contributed by atoms with Crippen LogP contribution in [0.1, 0.15) is 32.6 Å². The lowest BCUT2D eigenvalue weighted by molar-refractivity contribution is -0.124. The zero-order valence-corrected chi connectivity index (χ0v) is 10.8. The molecule has 1 fully saturated rings. The monoisotopic (exact) mass is 244 g/mol. The van der Waals surface area contributed by atoms with Crippen LogP contribution in [0.5, 0.6) is 0 Å². The number of carbonyl (C=O) groups is 1. The topological polar surface area (TPSA) is 73.6 Å². The second-order valence-corrected chi connectivity index (χ2v) is 4.76. The van der Waals surface area contributed by atoms with Gasteiger partial charge in [0.2, 0.25) is 5.91 Å². The third-order valence-electron chi connectivity index (χ3n) is 3.39. The van der Waals surface area contributed by atoms with E-state index in [2.05, 4.69) is 5.32 Å². The maximum Gasteiger partial charge on any atom is 0.237 e. The number of hydrogen-bond donors (Lipinski definition) is 2. The Balaban J connectivity index is 2.08. The van der Waals surface area contributed by atoms with Crippen molar-refractivity contribution in [3.63, 3.8) is 0 Å². The van der Waals surface area contributed by atoms with E-state index < -0.39 is 5.54 Å². The van der Waals surface area contributed by atoms with Gasteiger partial charge in [-0.25, -0.2) is 0 Å². The third kappa shape index (κ3) is 4.61. The maximum atomic E-state index is 11.2. The van der Waals surface area contributed by atoms with Crippen LogP contribution in [0.25, 0.3) is 0 Å². The Kier molecular flexibility index (Phi) is 5.88. The number of nitrogens with two attached hydrogens (primary N) is 1. The Hall–Kier alpha value is -0.650. The molecule has 0 radical (unpaired) electrons. The predicted octanol–water partition coefficient (Wildman–Crippen LogP) is 0.426. The van der Waals surface area contributed by atoms with Gasteiger partial charge >= 0.3 is 0 Å². The van der Waals surface area contributed by atoms with E-state index >= 15 is 0 Å². The number of likely N-dealkylation sites (N-methyl/N-ethyl adjacent to an activating group) is 1. The highest BCUT2D eigenvalue weighted by atomic mass is 16.5. The van der Waals surface area contributed by atoms with E-state index in [1.165, 1.54) is 0 Å². The van der Waals surface area contributed by atoms with Gasteiger partial charge in [-0.3, -0.25) is 4.79 Å². The molecule has 0 spiro atoms. The summed E-state index contributed by atoms with van der Waals surface area (Å²) in [5, 5.41) is 2.96. The summed E-state index contributed by atoms with van der Waals surface area (Å²) in [5.41, 5.74) is 4.70. The number of nitrogens with one attached hydrogen (secondary N) is 1. The molecule has 0 aromatic heterocycles. The minimum atomic E-state index is -0.632. The molecule has 100 valence electrons. The van der Waals surface area contributed by atoms with Crippen LogP contribution in [-0.2, 0) is 14.3 Å². The van der Waals surface area contributed by atoms with Crippen molar-refractivity contribution in [2.45, 2.75) is 44.2 Å². The van der Waals surface area contributed by atoms with E-state index in [0.29, 0.717) is 19.6 Å². The summed E-state index contributed by atoms with van der Waals surface area (Å²) in [6.45, 7) is 3.97. The molecule has 5 nitrogen and oxygen atoms in total. The van der Waals surface area contributed by atoms with E-state index in [-0.39, 0.29) is 12.0 Å². The lowest BCUT2D eigenvalue weighted by Crippen LogP contribution is -2.51. The lowest BCUT2D eigenvalue weighted by Gasteiger charge is -2.25. The Bertz CT molecular complexity index is 242. The van der Waals surface area contributed by atoms with Crippen LogP contribution in [0.2, 0.25) is 0 Å². The molecule has 1 saturated heterocycles. The molecular formula is C12H24N2O3. The minimum Gasteiger partial charge on any atom is -0.379 e. The van der Waals surface area contributed by atoms with Gasteiger partial charge in [0.1, 0.15) is 0 Å². The fourth-order valence-corrected chi connectivity index (χ4v) is 1.89. The van der Waals surface area contributed by atoms with Crippen molar-refractivity contribution in [3.05, 3.63) is 0 Å². The van der Waals surface area contributed by atoms with Crippen LogP contribution in [0.3, 0.4) is 0 Å². The van der Waals surface area contributed by atoms with E-state index in [1.54, 1.807) is 7.05 Å². The molecule has 0 aromatic rings. The zero-order chi connectivity index (χ0) is 12.7. The first-order valence-electron chi connectivity index (χ1n) is 6.26. The molecule has 3 N–H and O–H groups in total. The van der Waals surface area contributed by atoms with Crippen molar-refractivity contribution in [3.8, 4) is 0 Å². The molecule has 1 aliphatic heterocycles. The standard InChI is InChI=1S/C12H24N2O3/c1-12(14-2,11(13)15)6-4-7-16-9-10-5-3-8-17-10/h10,14H,3-9H2,1-2H3,(H2,13,15). The smallest absolute Gasteiger partial charge is 0.237 e. The van der Waals surface area contributed by atoms with Gasteiger partial charge in [0.05, 0.1) is 18.2 Å². The van der Waals surface area contributed by atoms with Crippen LogP contribution in [0.15, 0.2) is 0 Å². The van der Waals surface area contributed by atoms with Gasteiger partial charge in [0.25, 0.3) is 0 Å². The summed E-state index contributed by atoms with van der Waals surface area (Å²) in [7, 11) is 1.75. The van der Waals surface area contributed by atoms with Crippen LogP contribution < -0.4 is 11.1 Å². The average Bonchev–Trinajstić information content (AvgIpc) is 2.81. The molecular weight excluding hydrogens is 220 g/mol. The summed E-state index contributed by atoms with van der Waals surface area (Å²) < 4.78 is 11.0. The summed E-state index contributed by atoms with van der Waals surface area (Å²) in [6.07, 6.45) is 3.99. The second kappa shape index (κ2) is 6.93. The molecule has 1 heterocycles. The van der Waals surface area contributed by atoms with Gasteiger partial charge in [0.15, 0.2) is 0 Å². The van der Waals surface area contributed by atoms with Gasteiger partial charge in [0, 0.05) is 13.2 Å². The van der Waals surface area contributed by atoms with Gasteiger partial charge in [-0.2, -0.15) is 0 Å². The second-order valence-electron chi connectivity index (χ2n) is 4.76. The first-order chi connectivity index (χ1) is 8.08. The molecule has 0 saturated carbocycles. The van der Waals surface area contributed by atoms with Crippen molar-refractivity contribution in [2.75, 3.05) is 26.9 Å². The Labute approximate surface area is 103 Å². The predicted molar refractivity (Wildman–Crippen MR) is 65.7 cm³/mol. The quantitative estimate of drug-likeness (QED) is 0.607. The molecule has 2 atom stereocenters. The van der Waals surface area contributed by atoms with E-state index in [1.807, 2.05) is 6.92 Å². The van der Waals surface area contributed by atoms with Gasteiger partial charge < -0.3 is 20.5 Å². The molecule has 2 unspecified atom stereocenters. The van der Waals surface area contributed by atoms with Crippen LogP contribution in [0, 0.1) is 0 Å². The van der Waals surface area contributed by atoms with Crippen molar-refractivity contribution >= 4 is 5.91 Å². The SMILES string of the molecule is CNC(C)(CCCOCC1CCCO1)C(N)=O. The number of rotatable bonds is 8. The Morgan fingerprint density at radius 3 is 2.94 bits per heavy atom. The first-order valence-corrected chi connectivity index (χ1v) is 6.26. The average molecular weight is 244 g/mol. The van der Waals surface area contributed by atoms with Crippen molar-refractivity contribution < 1.29 is 14.3 Å². The third-order valence-corrected chi connectivity index (χ3v) is 3.39. The van der Waals surface area contributed by atoms with E-state index in [4.69, 9.17) is 15.2 Å². The van der Waals surface area contributed by atoms with Crippen LogP contribution in [-0.4, -0.2) is 44.4 Å². The Morgan fingerprint density at radius 2 is 2.41 bits per heavy atom. The number of hydrogen-bond acceptors (Lipinski definition) is 4. The van der Waals surface area contributed by atoms with Crippen LogP contribution >= 0.6 is 0 Å². The van der Waals surface area contributed by atoms with Gasteiger partial charge in [-0.15, -0.1) is 0 Å². The molecule has 1 aliphatic rings. The number of carbonyl (C=O) groups excluding carboxylic acids is 1. The van der Waals surface area contributed by atoms with E-state index in [0.717, 1.165) is 25.9 Å². The first kappa shape index (κ1) is 14.4. The van der Waals surface area contributed by atoms with Crippen molar-refractivity contribution in [1.29, 1.82) is 0 Å². The number of ether oxygens (including phenoxy) is 2. The molecule has 0 bridgehead atoms. The molecule has 17 heavy (non-hydrogen) atoms. The highest BCUT2D eigenvalue weighted by Gasteiger charge is 2.28. The van der Waals surface area contributed by atoms with E-state index in [9.17, 15) is 4.79 Å². The summed E-state index contributed by atoms with van der Waals surface area (Å²) >= 11 is 0. The summed E-state index contributed by atoms with van der Waals surface area (Å²) in [4.78, 5) is 11.2. The van der Waals surface area contributed by atoms with Gasteiger partial charge in [-0.05, 0) is 39.7 Å². The normalized spacial score (nSPS) is 23.5. The van der Waals surface area contributed by atoms with Crippen LogP contribution in [0.4, 0.5) is 0 Å². The van der Waals surface area contributed by atoms with Crippen molar-refractivity contribution in [2.24, 2.45) is 5.73 Å². The molecule has 5 heteroatoms. The largest absolute Gasteiger partial charge is 0.379 e. The molecule has 1 amide bonds. The maximum absolute atomic E-state index is 11.2. The van der Waals surface area contributed by atoms with Gasteiger partial charge in [-0.1, -0.05) is 0 Å². The molecule has 1 rings (SSSR count). The Morgan fingerprint density at radius 1 is 1.65 bits per heavy atom. The van der Waals surface area contributed by atoms with Crippen molar-refractivity contribution in [1.82, 2.24) is 5.32 Å². The summed E-state index contributed by atoms with van der Waals surface area (Å²) in [6, 6.07) is 0. The molecule has 0 aliphatic carbocycles. The fourth-order valence-electron chi connectivity index (χ4n) is 1.89. The zero-order valence-electron chi connectivity index (χ0n) is 10.8. The highest BCUT2D eigenvalue weighted by Crippen LogP contribution is 2.13. The molecule has 0 aromatic carbocycles. The number of primary amides is 1. The fraction of sp³-hybridized carbons (Fsp3) is 0.917. The highest BCUT2D eigenvalue weighted by molar-refractivity contribution is 5.84. The summed E-state index contributed by atoms with van der Waals surface area (Å²) in [5.74, 6) is -0.320.